The lowest BCUT2D eigenvalue weighted by Crippen LogP contribution is -1.93. The van der Waals surface area contributed by atoms with E-state index in [2.05, 4.69) is 26.2 Å². The van der Waals surface area contributed by atoms with Gasteiger partial charge in [0.1, 0.15) is 0 Å². The molecule has 0 saturated heterocycles. The predicted octanol–water partition coefficient (Wildman–Crippen LogP) is 3.27. The van der Waals surface area contributed by atoms with E-state index in [4.69, 9.17) is 9.47 Å². The Morgan fingerprint density at radius 3 is 3.00 bits per heavy atom. The van der Waals surface area contributed by atoms with Crippen molar-refractivity contribution < 1.29 is 9.47 Å². The number of anilines is 1. The highest BCUT2D eigenvalue weighted by Crippen LogP contribution is 2.34. The van der Waals surface area contributed by atoms with E-state index in [1.54, 1.807) is 11.3 Å². The third-order valence-corrected chi connectivity index (χ3v) is 4.52. The van der Waals surface area contributed by atoms with E-state index < -0.39 is 0 Å². The monoisotopic (exact) mass is 326 g/mol. The molecule has 3 rings (SSSR count). The molecule has 1 aromatic heterocycles. The summed E-state index contributed by atoms with van der Waals surface area (Å²) in [4.78, 5) is 4.51. The molecule has 0 bridgehead atoms. The van der Waals surface area contributed by atoms with Crippen LogP contribution in [0.5, 0.6) is 11.5 Å². The van der Waals surface area contributed by atoms with Crippen LogP contribution in [0.15, 0.2) is 22.0 Å². The summed E-state index contributed by atoms with van der Waals surface area (Å²) in [6.07, 6.45) is 0.773. The molecule has 2 aromatic rings. The van der Waals surface area contributed by atoms with Crippen molar-refractivity contribution in [1.82, 2.24) is 4.98 Å². The van der Waals surface area contributed by atoms with Crippen LogP contribution in [-0.2, 0) is 6.42 Å². The first-order chi connectivity index (χ1) is 8.76. The fraction of sp³-hybridized carbons (Fsp3) is 0.250. The lowest BCUT2D eigenvalue weighted by molar-refractivity contribution is 0.174. The molecule has 1 aromatic carbocycles. The molecule has 94 valence electrons. The van der Waals surface area contributed by atoms with Crippen LogP contribution in [0.4, 0.5) is 5.13 Å². The number of nitrogens with one attached hydrogen (secondary N) is 1. The number of rotatable bonds is 3. The summed E-state index contributed by atoms with van der Waals surface area (Å²) in [5.41, 5.74) is 2.19. The molecular formula is C12H11BrN2O2S. The van der Waals surface area contributed by atoms with Gasteiger partial charge in [-0.25, -0.2) is 4.98 Å². The summed E-state index contributed by atoms with van der Waals surface area (Å²) in [7, 11) is 1.87. The van der Waals surface area contributed by atoms with E-state index >= 15 is 0 Å². The fourth-order valence-electron chi connectivity index (χ4n) is 1.79. The number of halogens is 1. The summed E-state index contributed by atoms with van der Waals surface area (Å²) in [5.74, 6) is 1.62. The molecule has 0 amide bonds. The van der Waals surface area contributed by atoms with Gasteiger partial charge in [0.25, 0.3) is 0 Å². The lowest BCUT2D eigenvalue weighted by Gasteiger charge is -2.01. The third kappa shape index (κ3) is 2.18. The van der Waals surface area contributed by atoms with E-state index in [-0.39, 0.29) is 0 Å². The van der Waals surface area contributed by atoms with Gasteiger partial charge >= 0.3 is 0 Å². The topological polar surface area (TPSA) is 43.4 Å². The average Bonchev–Trinajstić information content (AvgIpc) is 2.96. The second-order valence-corrected chi connectivity index (χ2v) is 6.17. The first kappa shape index (κ1) is 11.8. The number of hydrogen-bond donors (Lipinski definition) is 1. The number of fused-ring (bicyclic) bond motifs is 1. The number of benzene rings is 1. The SMILES string of the molecule is CNc1nc(Cc2ccc3c(c2)OCO3)c(Br)s1. The van der Waals surface area contributed by atoms with Crippen molar-refractivity contribution >= 4 is 32.4 Å². The van der Waals surface area contributed by atoms with Gasteiger partial charge in [0, 0.05) is 13.5 Å². The smallest absolute Gasteiger partial charge is 0.231 e. The summed E-state index contributed by atoms with van der Waals surface area (Å²) in [5, 5.41) is 3.96. The Balaban J connectivity index is 1.85. The van der Waals surface area contributed by atoms with E-state index in [1.807, 2.05) is 25.2 Å². The van der Waals surface area contributed by atoms with Crippen LogP contribution in [0.2, 0.25) is 0 Å². The molecular weight excluding hydrogens is 316 g/mol. The minimum atomic E-state index is 0.309. The first-order valence-electron chi connectivity index (χ1n) is 5.48. The summed E-state index contributed by atoms with van der Waals surface area (Å²) in [6.45, 7) is 0.309. The molecule has 0 unspecified atom stereocenters. The first-order valence-corrected chi connectivity index (χ1v) is 7.08. The van der Waals surface area contributed by atoms with Crippen molar-refractivity contribution in [2.24, 2.45) is 0 Å². The molecule has 0 aliphatic carbocycles. The Bertz CT molecular complexity index is 585. The quantitative estimate of drug-likeness (QED) is 0.940. The molecule has 18 heavy (non-hydrogen) atoms. The van der Waals surface area contributed by atoms with Gasteiger partial charge in [-0.3, -0.25) is 0 Å². The van der Waals surface area contributed by atoms with Gasteiger partial charge in [0.2, 0.25) is 6.79 Å². The molecule has 0 saturated carbocycles. The third-order valence-electron chi connectivity index (χ3n) is 2.67. The van der Waals surface area contributed by atoms with Gasteiger partial charge in [-0.15, -0.1) is 0 Å². The van der Waals surface area contributed by atoms with Crippen LogP contribution in [0.1, 0.15) is 11.3 Å². The van der Waals surface area contributed by atoms with Gasteiger partial charge in [-0.2, -0.15) is 0 Å². The Morgan fingerprint density at radius 1 is 1.39 bits per heavy atom. The zero-order valence-corrected chi connectivity index (χ0v) is 12.1. The molecule has 4 nitrogen and oxygen atoms in total. The fourth-order valence-corrected chi connectivity index (χ4v) is 3.15. The summed E-state index contributed by atoms with van der Waals surface area (Å²) < 4.78 is 11.7. The van der Waals surface area contributed by atoms with Crippen LogP contribution >= 0.6 is 27.3 Å². The summed E-state index contributed by atoms with van der Waals surface area (Å²) >= 11 is 5.14. The van der Waals surface area contributed by atoms with E-state index in [0.29, 0.717) is 6.79 Å². The number of nitrogens with zero attached hydrogens (tertiary/aromatic N) is 1. The molecule has 0 fully saturated rings. The maximum absolute atomic E-state index is 5.37. The second-order valence-electron chi connectivity index (χ2n) is 3.85. The standard InChI is InChI=1S/C12H11BrN2O2S/c1-14-12-15-8(11(13)18-12)4-7-2-3-9-10(5-7)17-6-16-9/h2-3,5H,4,6H2,1H3,(H,14,15). The van der Waals surface area contributed by atoms with Crippen LogP contribution in [0, 0.1) is 0 Å². The maximum Gasteiger partial charge on any atom is 0.231 e. The number of hydrogen-bond acceptors (Lipinski definition) is 5. The molecule has 1 N–H and O–H groups in total. The van der Waals surface area contributed by atoms with Crippen molar-refractivity contribution in [3.05, 3.63) is 33.2 Å². The highest BCUT2D eigenvalue weighted by Gasteiger charge is 2.15. The molecule has 0 spiro atoms. The van der Waals surface area contributed by atoms with Crippen molar-refractivity contribution in [1.29, 1.82) is 0 Å². The van der Waals surface area contributed by atoms with Crippen molar-refractivity contribution in [2.75, 3.05) is 19.2 Å². The largest absolute Gasteiger partial charge is 0.454 e. The Hall–Kier alpha value is -1.27. The van der Waals surface area contributed by atoms with Gasteiger partial charge in [-0.1, -0.05) is 17.4 Å². The maximum atomic E-state index is 5.37. The van der Waals surface area contributed by atoms with Gasteiger partial charge in [-0.05, 0) is 33.6 Å². The Kier molecular flexibility index (Phi) is 3.13. The van der Waals surface area contributed by atoms with Crippen LogP contribution < -0.4 is 14.8 Å². The van der Waals surface area contributed by atoms with Gasteiger partial charge in [0.15, 0.2) is 16.6 Å². The normalized spacial score (nSPS) is 12.8. The molecule has 1 aliphatic heterocycles. The van der Waals surface area contributed by atoms with Crippen LogP contribution in [0.3, 0.4) is 0 Å². The molecule has 2 heterocycles. The van der Waals surface area contributed by atoms with E-state index in [9.17, 15) is 0 Å². The molecule has 1 aliphatic rings. The molecule has 0 radical (unpaired) electrons. The number of aromatic nitrogens is 1. The zero-order chi connectivity index (χ0) is 12.5. The highest BCUT2D eigenvalue weighted by molar-refractivity contribution is 9.11. The minimum Gasteiger partial charge on any atom is -0.454 e. The molecule has 0 atom stereocenters. The minimum absolute atomic E-state index is 0.309. The van der Waals surface area contributed by atoms with Gasteiger partial charge in [0.05, 0.1) is 9.48 Å². The number of thiazole rings is 1. The average molecular weight is 327 g/mol. The lowest BCUT2D eigenvalue weighted by atomic mass is 10.1. The summed E-state index contributed by atoms with van der Waals surface area (Å²) in [6, 6.07) is 5.99. The van der Waals surface area contributed by atoms with Gasteiger partial charge < -0.3 is 14.8 Å². The highest BCUT2D eigenvalue weighted by atomic mass is 79.9. The van der Waals surface area contributed by atoms with Crippen LogP contribution in [0.25, 0.3) is 0 Å². The van der Waals surface area contributed by atoms with E-state index in [0.717, 1.165) is 38.1 Å². The van der Waals surface area contributed by atoms with E-state index in [1.165, 1.54) is 0 Å². The zero-order valence-electron chi connectivity index (χ0n) is 9.70. The van der Waals surface area contributed by atoms with Crippen LogP contribution in [-0.4, -0.2) is 18.8 Å². The second kappa shape index (κ2) is 4.78. The Labute approximate surface area is 117 Å². The predicted molar refractivity (Wildman–Crippen MR) is 74.7 cm³/mol. The Morgan fingerprint density at radius 2 is 2.22 bits per heavy atom. The van der Waals surface area contributed by atoms with Crippen molar-refractivity contribution in [3.8, 4) is 11.5 Å². The van der Waals surface area contributed by atoms with Crippen molar-refractivity contribution in [3.63, 3.8) is 0 Å². The number of ether oxygens (including phenoxy) is 2. The molecule has 6 heteroatoms. The van der Waals surface area contributed by atoms with Crippen molar-refractivity contribution in [2.45, 2.75) is 6.42 Å².